The summed E-state index contributed by atoms with van der Waals surface area (Å²) in [4.78, 5) is 11.9. The minimum atomic E-state index is -0.112. The highest BCUT2D eigenvalue weighted by Crippen LogP contribution is 2.23. The van der Waals surface area contributed by atoms with Crippen molar-refractivity contribution in [3.63, 3.8) is 0 Å². The van der Waals surface area contributed by atoms with Crippen LogP contribution in [0.25, 0.3) is 0 Å². The van der Waals surface area contributed by atoms with Crippen molar-refractivity contribution in [1.82, 2.24) is 10.6 Å². The van der Waals surface area contributed by atoms with E-state index in [0.29, 0.717) is 0 Å². The maximum Gasteiger partial charge on any atom is 0.237 e. The first-order chi connectivity index (χ1) is 8.68. The zero-order valence-corrected chi connectivity index (χ0v) is 11.3. The van der Waals surface area contributed by atoms with E-state index in [9.17, 15) is 4.79 Å². The van der Waals surface area contributed by atoms with Crippen LogP contribution in [-0.2, 0) is 4.79 Å². The second-order valence-electron chi connectivity index (χ2n) is 4.75. The van der Waals surface area contributed by atoms with Crippen molar-refractivity contribution in [2.45, 2.75) is 38.3 Å². The highest BCUT2D eigenvalue weighted by atomic mass is 35.5. The van der Waals surface area contributed by atoms with E-state index < -0.39 is 0 Å². The first kappa shape index (κ1) is 13.4. The molecule has 0 spiro atoms. The van der Waals surface area contributed by atoms with Crippen LogP contribution in [-0.4, -0.2) is 18.5 Å². The summed E-state index contributed by atoms with van der Waals surface area (Å²) < 4.78 is 0. The van der Waals surface area contributed by atoms with Gasteiger partial charge in [0.25, 0.3) is 0 Å². The van der Waals surface area contributed by atoms with Crippen molar-refractivity contribution in [1.29, 1.82) is 0 Å². The number of nitrogens with one attached hydrogen (secondary N) is 2. The van der Waals surface area contributed by atoms with Crippen molar-refractivity contribution in [2.24, 2.45) is 0 Å². The van der Waals surface area contributed by atoms with Crippen molar-refractivity contribution in [2.75, 3.05) is 6.54 Å². The van der Waals surface area contributed by atoms with Gasteiger partial charge in [0, 0.05) is 17.6 Å². The molecule has 0 radical (unpaired) electrons. The second-order valence-corrected chi connectivity index (χ2v) is 5.16. The molecule has 2 atom stereocenters. The quantitative estimate of drug-likeness (QED) is 0.883. The van der Waals surface area contributed by atoms with Crippen LogP contribution in [0.1, 0.15) is 37.8 Å². The molecule has 1 aromatic rings. The molecule has 1 heterocycles. The third kappa shape index (κ3) is 3.24. The molecule has 4 heteroatoms. The number of rotatable bonds is 3. The number of amides is 1. The van der Waals surface area contributed by atoms with Gasteiger partial charge in [-0.05, 0) is 37.8 Å². The van der Waals surface area contributed by atoms with Crippen LogP contribution in [0.15, 0.2) is 24.3 Å². The maximum atomic E-state index is 11.9. The molecule has 2 rings (SSSR count). The lowest BCUT2D eigenvalue weighted by atomic mass is 10.1. The van der Waals surface area contributed by atoms with Gasteiger partial charge in [-0.1, -0.05) is 29.8 Å². The highest BCUT2D eigenvalue weighted by Gasteiger charge is 2.22. The lowest BCUT2D eigenvalue weighted by Crippen LogP contribution is -2.43. The minimum absolute atomic E-state index is 0.0764. The van der Waals surface area contributed by atoms with Gasteiger partial charge >= 0.3 is 0 Å². The van der Waals surface area contributed by atoms with Crippen molar-refractivity contribution in [3.8, 4) is 0 Å². The fourth-order valence-corrected chi connectivity index (χ4v) is 2.62. The van der Waals surface area contributed by atoms with Crippen molar-refractivity contribution >= 4 is 17.5 Å². The molecule has 0 aliphatic carbocycles. The number of halogens is 1. The second kappa shape index (κ2) is 6.21. The predicted octanol–water partition coefficient (Wildman–Crippen LogP) is 2.66. The van der Waals surface area contributed by atoms with E-state index in [-0.39, 0.29) is 18.0 Å². The van der Waals surface area contributed by atoms with Gasteiger partial charge in [-0.25, -0.2) is 0 Å². The summed E-state index contributed by atoms with van der Waals surface area (Å²) in [6.45, 7) is 2.83. The third-order valence-corrected chi connectivity index (χ3v) is 3.70. The Balaban J connectivity index is 2.04. The summed E-state index contributed by atoms with van der Waals surface area (Å²) in [7, 11) is 0. The van der Waals surface area contributed by atoms with Gasteiger partial charge in [0.05, 0.1) is 6.04 Å². The molecule has 1 unspecified atom stereocenters. The predicted molar refractivity (Wildman–Crippen MR) is 73.7 cm³/mol. The smallest absolute Gasteiger partial charge is 0.237 e. The van der Waals surface area contributed by atoms with Gasteiger partial charge in [-0.2, -0.15) is 0 Å². The monoisotopic (exact) mass is 266 g/mol. The molecule has 1 aromatic carbocycles. The molecule has 1 fully saturated rings. The zero-order chi connectivity index (χ0) is 13.0. The molecule has 2 N–H and O–H groups in total. The summed E-state index contributed by atoms with van der Waals surface area (Å²) in [5.74, 6) is 0.103. The molecule has 98 valence electrons. The Hall–Kier alpha value is -1.06. The van der Waals surface area contributed by atoms with Gasteiger partial charge in [0.1, 0.15) is 0 Å². The van der Waals surface area contributed by atoms with E-state index in [2.05, 4.69) is 10.6 Å². The van der Waals surface area contributed by atoms with Crippen LogP contribution in [0, 0.1) is 0 Å². The van der Waals surface area contributed by atoms with Crippen LogP contribution in [0.2, 0.25) is 5.02 Å². The molecule has 18 heavy (non-hydrogen) atoms. The highest BCUT2D eigenvalue weighted by molar-refractivity contribution is 6.31. The van der Waals surface area contributed by atoms with Crippen LogP contribution in [0.5, 0.6) is 0 Å². The van der Waals surface area contributed by atoms with E-state index in [1.807, 2.05) is 31.2 Å². The summed E-state index contributed by atoms with van der Waals surface area (Å²) in [5.41, 5.74) is 1.04. The van der Waals surface area contributed by atoms with Crippen LogP contribution in [0.3, 0.4) is 0 Å². The topological polar surface area (TPSA) is 41.1 Å². The summed E-state index contributed by atoms with van der Waals surface area (Å²) in [6.07, 6.45) is 3.02. The minimum Gasteiger partial charge on any atom is -0.355 e. The molecule has 3 nitrogen and oxygen atoms in total. The molecular formula is C14H19ClN2O. The fourth-order valence-electron chi connectivity index (χ4n) is 2.32. The number of carbonyl (C=O) groups is 1. The molecule has 0 aromatic heterocycles. The number of hydrogen-bond acceptors (Lipinski definition) is 2. The van der Waals surface area contributed by atoms with E-state index >= 15 is 0 Å². The lowest BCUT2D eigenvalue weighted by molar-refractivity contribution is -0.123. The fraction of sp³-hybridized carbons (Fsp3) is 0.500. The van der Waals surface area contributed by atoms with Crippen LogP contribution < -0.4 is 10.6 Å². The number of hydrogen-bond donors (Lipinski definition) is 2. The number of carbonyl (C=O) groups excluding carboxylic acids is 1. The molecule has 1 amide bonds. The Morgan fingerprint density at radius 2 is 2.17 bits per heavy atom. The van der Waals surface area contributed by atoms with E-state index in [4.69, 9.17) is 11.6 Å². The normalized spacial score (nSPS) is 22.1. The third-order valence-electron chi connectivity index (χ3n) is 3.36. The average Bonchev–Trinajstić information content (AvgIpc) is 2.55. The van der Waals surface area contributed by atoms with Gasteiger partial charge in [-0.3, -0.25) is 10.1 Å². The van der Waals surface area contributed by atoms with E-state index in [0.717, 1.165) is 36.4 Å². The Kier molecular flexibility index (Phi) is 4.61. The SMILES string of the molecule is C[C@H](NC1CCCCNC1=O)c1ccccc1Cl. The van der Waals surface area contributed by atoms with Crippen molar-refractivity contribution in [3.05, 3.63) is 34.9 Å². The van der Waals surface area contributed by atoms with Crippen molar-refractivity contribution < 1.29 is 4.79 Å². The van der Waals surface area contributed by atoms with E-state index in [1.165, 1.54) is 0 Å². The Morgan fingerprint density at radius 1 is 1.39 bits per heavy atom. The van der Waals surface area contributed by atoms with Gasteiger partial charge < -0.3 is 5.32 Å². The molecule has 0 bridgehead atoms. The van der Waals surface area contributed by atoms with Crippen LogP contribution >= 0.6 is 11.6 Å². The van der Waals surface area contributed by atoms with Gasteiger partial charge in [0.15, 0.2) is 0 Å². The summed E-state index contributed by atoms with van der Waals surface area (Å²) in [5, 5.41) is 7.04. The first-order valence-corrected chi connectivity index (χ1v) is 6.84. The Bertz CT molecular complexity index is 422. The summed E-state index contributed by atoms with van der Waals surface area (Å²) in [6, 6.07) is 7.71. The van der Waals surface area contributed by atoms with E-state index in [1.54, 1.807) is 0 Å². The molecular weight excluding hydrogens is 248 g/mol. The first-order valence-electron chi connectivity index (χ1n) is 6.46. The standard InChI is InChI=1S/C14H19ClN2O/c1-10(11-6-2-3-7-12(11)15)17-13-8-4-5-9-16-14(13)18/h2-3,6-7,10,13,17H,4-5,8-9H2,1H3,(H,16,18)/t10-,13?/m0/s1. The molecule has 1 saturated heterocycles. The van der Waals surface area contributed by atoms with Crippen LogP contribution in [0.4, 0.5) is 0 Å². The Morgan fingerprint density at radius 3 is 2.94 bits per heavy atom. The molecule has 1 aliphatic heterocycles. The van der Waals surface area contributed by atoms with Gasteiger partial charge in [0.2, 0.25) is 5.91 Å². The molecule has 0 saturated carbocycles. The lowest BCUT2D eigenvalue weighted by Gasteiger charge is -2.22. The zero-order valence-electron chi connectivity index (χ0n) is 10.6. The molecule has 1 aliphatic rings. The average molecular weight is 267 g/mol. The van der Waals surface area contributed by atoms with Gasteiger partial charge in [-0.15, -0.1) is 0 Å². The number of benzene rings is 1. The largest absolute Gasteiger partial charge is 0.355 e. The Labute approximate surface area is 113 Å². The summed E-state index contributed by atoms with van der Waals surface area (Å²) >= 11 is 6.16. The maximum absolute atomic E-state index is 11.9.